The highest BCUT2D eigenvalue weighted by Crippen LogP contribution is 2.51. The summed E-state index contributed by atoms with van der Waals surface area (Å²) < 4.78 is 31.7. The Labute approximate surface area is 271 Å². The minimum Gasteiger partial charge on any atom is -0.495 e. The molecule has 6 rings (SSSR count). The molecule has 1 aliphatic carbocycles. The van der Waals surface area contributed by atoms with Crippen LogP contribution in [-0.4, -0.2) is 44.2 Å². The van der Waals surface area contributed by atoms with Gasteiger partial charge in [-0.15, -0.1) is 11.8 Å². The van der Waals surface area contributed by atoms with E-state index in [9.17, 15) is 9.59 Å². The Kier molecular flexibility index (Phi) is 9.53. The van der Waals surface area contributed by atoms with E-state index in [-0.39, 0.29) is 16.7 Å². The van der Waals surface area contributed by atoms with E-state index < -0.39 is 23.0 Å². The van der Waals surface area contributed by atoms with Crippen molar-refractivity contribution in [3.8, 4) is 17.2 Å². The summed E-state index contributed by atoms with van der Waals surface area (Å²) >= 11 is 1.65. The molecule has 9 nitrogen and oxygen atoms in total. The Hall–Kier alpha value is -4.45. The van der Waals surface area contributed by atoms with Crippen LogP contribution in [-0.2, 0) is 27.3 Å². The lowest BCUT2D eigenvalue weighted by atomic mass is 10.0. The first-order valence-electron chi connectivity index (χ1n) is 15.1. The molecule has 1 unspecified atom stereocenters. The molecule has 3 N–H and O–H groups in total. The molecule has 238 valence electrons. The van der Waals surface area contributed by atoms with Crippen LogP contribution in [0.5, 0.6) is 17.2 Å². The summed E-state index contributed by atoms with van der Waals surface area (Å²) in [5.74, 6) is -0.510. The molecule has 0 saturated heterocycles. The Morgan fingerprint density at radius 3 is 2.48 bits per heavy atom. The molecule has 1 aliphatic heterocycles. The number of anilines is 2. The van der Waals surface area contributed by atoms with Crippen LogP contribution in [0.4, 0.5) is 15.8 Å². The topological polar surface area (TPSA) is 111 Å². The van der Waals surface area contributed by atoms with Crippen molar-refractivity contribution >= 4 is 35.0 Å². The second kappa shape index (κ2) is 13.9. The van der Waals surface area contributed by atoms with Crippen LogP contribution in [0.3, 0.4) is 0 Å². The summed E-state index contributed by atoms with van der Waals surface area (Å²) in [5, 5.41) is 9.02. The number of pyridine rings is 1. The number of hydrogen-bond acceptors (Lipinski definition) is 8. The molecule has 3 aromatic carbocycles. The molecule has 2 amide bonds. The second-order valence-corrected chi connectivity index (χ2v) is 12.5. The maximum absolute atomic E-state index is 15.3. The number of halogens is 1. The SMILES string of the molecule is COCCNCc1ccc(C2Cc3nccc(Oc4ccc(NC(=O)C5(C(=O)Nc6ccccc6OC)CC5)cc4F)c3S2)cc1. The van der Waals surface area contributed by atoms with Gasteiger partial charge in [0.05, 0.1) is 30.0 Å². The van der Waals surface area contributed by atoms with E-state index in [0.717, 1.165) is 30.1 Å². The average Bonchev–Trinajstić information content (AvgIpc) is 3.77. The molecule has 1 atom stereocenters. The lowest BCUT2D eigenvalue weighted by Gasteiger charge is -2.17. The van der Waals surface area contributed by atoms with Crippen LogP contribution in [0.25, 0.3) is 0 Å². The zero-order valence-corrected chi connectivity index (χ0v) is 26.4. The first-order chi connectivity index (χ1) is 22.4. The largest absolute Gasteiger partial charge is 0.495 e. The molecule has 2 aliphatic rings. The summed E-state index contributed by atoms with van der Waals surface area (Å²) in [6, 6.07) is 21.5. The van der Waals surface area contributed by atoms with E-state index in [1.807, 2.05) is 0 Å². The molecule has 1 aromatic heterocycles. The van der Waals surface area contributed by atoms with Gasteiger partial charge in [-0.2, -0.15) is 0 Å². The van der Waals surface area contributed by atoms with Crippen molar-refractivity contribution < 1.29 is 28.2 Å². The van der Waals surface area contributed by atoms with Gasteiger partial charge in [-0.3, -0.25) is 14.6 Å². The number of methoxy groups -OCH3 is 2. The first kappa shape index (κ1) is 31.5. The van der Waals surface area contributed by atoms with Crippen molar-refractivity contribution in [2.24, 2.45) is 5.41 Å². The van der Waals surface area contributed by atoms with Gasteiger partial charge < -0.3 is 30.2 Å². The Morgan fingerprint density at radius 2 is 1.74 bits per heavy atom. The van der Waals surface area contributed by atoms with Crippen molar-refractivity contribution in [1.29, 1.82) is 0 Å². The minimum absolute atomic E-state index is 0.0239. The molecule has 46 heavy (non-hydrogen) atoms. The molecule has 1 fully saturated rings. The van der Waals surface area contributed by atoms with Gasteiger partial charge in [-0.1, -0.05) is 36.4 Å². The van der Waals surface area contributed by atoms with E-state index in [1.165, 1.54) is 30.4 Å². The van der Waals surface area contributed by atoms with E-state index in [2.05, 4.69) is 45.2 Å². The van der Waals surface area contributed by atoms with Crippen LogP contribution in [0.2, 0.25) is 0 Å². The van der Waals surface area contributed by atoms with Crippen LogP contribution < -0.4 is 25.4 Å². The van der Waals surface area contributed by atoms with Crippen LogP contribution in [0.1, 0.15) is 34.9 Å². The standard InChI is InChI=1S/C35H35FN4O5S/c1-43-18-17-37-21-22-7-9-23(10-8-22)31-20-27-32(46-31)30(13-16-38-27)45-28-12-11-24(19-25(28)36)39-33(41)35(14-15-35)34(42)40-26-5-3-4-6-29(26)44-2/h3-13,16,19,31,37H,14-15,17-18,20-21H2,1-2H3,(H,39,41)(H,40,42). The number of nitrogens with one attached hydrogen (secondary N) is 3. The lowest BCUT2D eigenvalue weighted by Crippen LogP contribution is -2.35. The average molecular weight is 643 g/mol. The van der Waals surface area contributed by atoms with Crippen molar-refractivity contribution in [3.63, 3.8) is 0 Å². The third-order valence-electron chi connectivity index (χ3n) is 8.13. The predicted octanol–water partition coefficient (Wildman–Crippen LogP) is 6.50. The maximum Gasteiger partial charge on any atom is 0.240 e. The quantitative estimate of drug-likeness (QED) is 0.112. The highest BCUT2D eigenvalue weighted by Gasteiger charge is 2.56. The van der Waals surface area contributed by atoms with Gasteiger partial charge in [0.15, 0.2) is 11.6 Å². The third kappa shape index (κ3) is 6.86. The summed E-state index contributed by atoms with van der Waals surface area (Å²) in [6.07, 6.45) is 3.20. The second-order valence-electron chi connectivity index (χ2n) is 11.2. The first-order valence-corrected chi connectivity index (χ1v) is 15.9. The molecule has 1 saturated carbocycles. The van der Waals surface area contributed by atoms with Gasteiger partial charge in [-0.25, -0.2) is 4.39 Å². The highest BCUT2D eigenvalue weighted by atomic mass is 32.2. The summed E-state index contributed by atoms with van der Waals surface area (Å²) in [5.41, 5.74) is 2.78. The Morgan fingerprint density at radius 1 is 0.957 bits per heavy atom. The lowest BCUT2D eigenvalue weighted by molar-refractivity contribution is -0.131. The van der Waals surface area contributed by atoms with Crippen LogP contribution in [0.15, 0.2) is 83.9 Å². The third-order valence-corrected chi connectivity index (χ3v) is 9.52. The summed E-state index contributed by atoms with van der Waals surface area (Å²) in [4.78, 5) is 31.7. The van der Waals surface area contributed by atoms with Gasteiger partial charge in [-0.05, 0) is 48.2 Å². The molecule has 0 bridgehead atoms. The smallest absolute Gasteiger partial charge is 0.240 e. The number of rotatable bonds is 13. The molecule has 4 aromatic rings. The van der Waals surface area contributed by atoms with Crippen molar-refractivity contribution in [1.82, 2.24) is 10.3 Å². The zero-order chi connectivity index (χ0) is 32.1. The fraction of sp³-hybridized carbons (Fsp3) is 0.286. The van der Waals surface area contributed by atoms with Gasteiger partial charge in [0.25, 0.3) is 0 Å². The molecule has 0 radical (unpaired) electrons. The fourth-order valence-electron chi connectivity index (χ4n) is 5.33. The fourth-order valence-corrected chi connectivity index (χ4v) is 6.65. The molecule has 2 heterocycles. The number of nitrogens with zero attached hydrogens (tertiary/aromatic N) is 1. The number of para-hydroxylation sites is 2. The predicted molar refractivity (Wildman–Crippen MR) is 175 cm³/mol. The van der Waals surface area contributed by atoms with E-state index in [4.69, 9.17) is 14.2 Å². The van der Waals surface area contributed by atoms with Crippen molar-refractivity contribution in [3.05, 3.63) is 102 Å². The number of hydrogen-bond donors (Lipinski definition) is 3. The monoisotopic (exact) mass is 642 g/mol. The number of carbonyl (C=O) groups is 2. The van der Waals surface area contributed by atoms with Crippen molar-refractivity contribution in [2.75, 3.05) is 38.0 Å². The van der Waals surface area contributed by atoms with Crippen molar-refractivity contribution in [2.45, 2.75) is 36.0 Å². The normalized spacial score (nSPS) is 15.9. The number of amides is 2. The van der Waals surface area contributed by atoms with Gasteiger partial charge in [0, 0.05) is 55.9 Å². The van der Waals surface area contributed by atoms with Gasteiger partial charge in [0.1, 0.15) is 16.9 Å². The summed E-state index contributed by atoms with van der Waals surface area (Å²) in [7, 11) is 3.20. The molecule has 0 spiro atoms. The maximum atomic E-state index is 15.3. The van der Waals surface area contributed by atoms with Gasteiger partial charge in [0.2, 0.25) is 11.8 Å². The Balaban J connectivity index is 1.08. The minimum atomic E-state index is -1.22. The number of carbonyl (C=O) groups excluding carboxylic acids is 2. The summed E-state index contributed by atoms with van der Waals surface area (Å²) in [6.45, 7) is 2.24. The number of aromatic nitrogens is 1. The molecule has 11 heteroatoms. The number of fused-ring (bicyclic) bond motifs is 1. The number of ether oxygens (including phenoxy) is 3. The van der Waals surface area contributed by atoms with E-state index in [1.54, 1.807) is 61.5 Å². The van der Waals surface area contributed by atoms with Crippen LogP contribution in [0, 0.1) is 11.2 Å². The van der Waals surface area contributed by atoms with E-state index >= 15 is 4.39 Å². The highest BCUT2D eigenvalue weighted by molar-refractivity contribution is 8.00. The zero-order valence-electron chi connectivity index (χ0n) is 25.6. The van der Waals surface area contributed by atoms with Crippen LogP contribution >= 0.6 is 11.8 Å². The van der Waals surface area contributed by atoms with Gasteiger partial charge >= 0.3 is 0 Å². The molecular weight excluding hydrogens is 607 g/mol. The molecular formula is C35H35FN4O5S. The Bertz CT molecular complexity index is 1730. The number of thioether (sulfide) groups is 1. The number of benzene rings is 3. The van der Waals surface area contributed by atoms with E-state index in [0.29, 0.717) is 36.6 Å².